The predicted molar refractivity (Wildman–Crippen MR) is 97.9 cm³/mol. The molecular weight excluding hydrogens is 334 g/mol. The summed E-state index contributed by atoms with van der Waals surface area (Å²) in [6, 6.07) is 11.1. The third-order valence-corrected chi connectivity index (χ3v) is 3.96. The van der Waals surface area contributed by atoms with Gasteiger partial charge in [-0.05, 0) is 24.3 Å². The number of amides is 1. The number of methoxy groups -OCH3 is 1. The summed E-state index contributed by atoms with van der Waals surface area (Å²) in [6.45, 7) is 2.25. The van der Waals surface area contributed by atoms with Crippen LogP contribution in [0.2, 0.25) is 0 Å². The van der Waals surface area contributed by atoms with Gasteiger partial charge in [-0.3, -0.25) is 4.79 Å². The van der Waals surface area contributed by atoms with Crippen LogP contribution in [-0.4, -0.2) is 50.4 Å². The van der Waals surface area contributed by atoms with E-state index in [2.05, 4.69) is 15.6 Å². The van der Waals surface area contributed by atoms with Gasteiger partial charge < -0.3 is 24.8 Å². The van der Waals surface area contributed by atoms with E-state index in [0.717, 1.165) is 11.5 Å². The number of anilines is 1. The highest BCUT2D eigenvalue weighted by molar-refractivity contribution is 5.94. The Kier molecular flexibility index (Phi) is 6.27. The highest BCUT2D eigenvalue weighted by Crippen LogP contribution is 2.31. The maximum absolute atomic E-state index is 12.2. The minimum Gasteiger partial charge on any atom is -0.486 e. The molecule has 3 rings (SSSR count). The van der Waals surface area contributed by atoms with Crippen molar-refractivity contribution in [1.82, 2.24) is 10.3 Å². The molecule has 0 spiro atoms. The zero-order chi connectivity index (χ0) is 18.2. The summed E-state index contributed by atoms with van der Waals surface area (Å²) in [6.07, 6.45) is 2.15. The number of hydrogen-bond donors (Lipinski definition) is 2. The van der Waals surface area contributed by atoms with Crippen molar-refractivity contribution in [2.75, 3.05) is 38.7 Å². The molecule has 7 heteroatoms. The van der Waals surface area contributed by atoms with Crippen molar-refractivity contribution >= 4 is 11.7 Å². The highest BCUT2D eigenvalue weighted by Gasteiger charge is 2.20. The number of para-hydroxylation sites is 2. The first-order chi connectivity index (χ1) is 12.8. The van der Waals surface area contributed by atoms with Gasteiger partial charge in [-0.15, -0.1) is 0 Å². The van der Waals surface area contributed by atoms with Gasteiger partial charge in [0.05, 0.1) is 12.2 Å². The number of nitrogens with zero attached hydrogens (tertiary/aromatic N) is 1. The van der Waals surface area contributed by atoms with Crippen LogP contribution in [0.1, 0.15) is 16.8 Å². The molecule has 26 heavy (non-hydrogen) atoms. The number of aromatic nitrogens is 1. The summed E-state index contributed by atoms with van der Waals surface area (Å²) < 4.78 is 16.5. The van der Waals surface area contributed by atoms with Crippen molar-refractivity contribution in [3.8, 4) is 11.5 Å². The molecule has 1 aliphatic heterocycles. The van der Waals surface area contributed by atoms with Crippen molar-refractivity contribution < 1.29 is 19.0 Å². The minimum absolute atomic E-state index is 0.0734. The molecule has 1 aliphatic rings. The van der Waals surface area contributed by atoms with E-state index in [1.807, 2.05) is 24.3 Å². The Morgan fingerprint density at radius 2 is 2.08 bits per heavy atom. The second kappa shape index (κ2) is 9.05. The first kappa shape index (κ1) is 18.0. The maximum Gasteiger partial charge on any atom is 0.252 e. The van der Waals surface area contributed by atoms with E-state index in [-0.39, 0.29) is 12.0 Å². The molecule has 0 unspecified atom stereocenters. The number of pyridine rings is 1. The van der Waals surface area contributed by atoms with Gasteiger partial charge in [0.1, 0.15) is 18.5 Å². The number of carbonyl (C=O) groups excluding carboxylic acids is 1. The average Bonchev–Trinajstić information content (AvgIpc) is 2.68. The van der Waals surface area contributed by atoms with E-state index in [4.69, 9.17) is 14.2 Å². The van der Waals surface area contributed by atoms with Gasteiger partial charge in [-0.1, -0.05) is 12.1 Å². The van der Waals surface area contributed by atoms with Crippen LogP contribution in [0.15, 0.2) is 42.6 Å². The van der Waals surface area contributed by atoms with Gasteiger partial charge in [0.2, 0.25) is 0 Å². The van der Waals surface area contributed by atoms with Gasteiger partial charge in [-0.2, -0.15) is 0 Å². The van der Waals surface area contributed by atoms with Crippen molar-refractivity contribution in [2.24, 2.45) is 0 Å². The summed E-state index contributed by atoms with van der Waals surface area (Å²) >= 11 is 0. The van der Waals surface area contributed by atoms with E-state index in [1.54, 1.807) is 25.4 Å². The van der Waals surface area contributed by atoms with Crippen LogP contribution >= 0.6 is 0 Å². The molecule has 2 heterocycles. The Balaban J connectivity index is 1.41. The van der Waals surface area contributed by atoms with E-state index in [1.165, 1.54) is 0 Å². The molecule has 1 amide bonds. The van der Waals surface area contributed by atoms with E-state index in [9.17, 15) is 4.79 Å². The largest absolute Gasteiger partial charge is 0.486 e. The monoisotopic (exact) mass is 357 g/mol. The molecule has 0 saturated heterocycles. The van der Waals surface area contributed by atoms with Crippen LogP contribution in [0.25, 0.3) is 0 Å². The lowest BCUT2D eigenvalue weighted by Crippen LogP contribution is -2.34. The molecule has 0 aliphatic carbocycles. The zero-order valence-electron chi connectivity index (χ0n) is 14.7. The molecule has 7 nitrogen and oxygen atoms in total. The Bertz CT molecular complexity index is 721. The lowest BCUT2D eigenvalue weighted by atomic mass is 10.2. The summed E-state index contributed by atoms with van der Waals surface area (Å²) in [5, 5.41) is 5.99. The van der Waals surface area contributed by atoms with E-state index in [0.29, 0.717) is 44.1 Å². The number of benzene rings is 1. The Morgan fingerprint density at radius 1 is 1.23 bits per heavy atom. The summed E-state index contributed by atoms with van der Waals surface area (Å²) in [5.41, 5.74) is 0.522. The second-order valence-electron chi connectivity index (χ2n) is 5.89. The molecule has 0 saturated carbocycles. The molecule has 0 fully saturated rings. The van der Waals surface area contributed by atoms with Crippen LogP contribution < -0.4 is 20.1 Å². The third kappa shape index (κ3) is 4.86. The normalized spacial score (nSPS) is 15.3. The molecular formula is C19H23N3O4. The molecule has 2 aromatic rings. The molecule has 138 valence electrons. The van der Waals surface area contributed by atoms with Crippen molar-refractivity contribution in [2.45, 2.75) is 12.5 Å². The fourth-order valence-electron chi connectivity index (χ4n) is 2.57. The SMILES string of the molecule is COCCNc1ccc(C(=O)NCC[C@H]2COc3ccccc3O2)cn1. The van der Waals surface area contributed by atoms with Crippen LogP contribution in [-0.2, 0) is 4.74 Å². The first-order valence-corrected chi connectivity index (χ1v) is 8.62. The third-order valence-electron chi connectivity index (χ3n) is 3.96. The van der Waals surface area contributed by atoms with Gasteiger partial charge in [-0.25, -0.2) is 4.98 Å². The quantitative estimate of drug-likeness (QED) is 0.704. The average molecular weight is 357 g/mol. The van der Waals surface area contributed by atoms with Crippen LogP contribution in [0.5, 0.6) is 11.5 Å². The first-order valence-electron chi connectivity index (χ1n) is 8.62. The topological polar surface area (TPSA) is 81.7 Å². The lowest BCUT2D eigenvalue weighted by molar-refractivity contribution is 0.0812. The highest BCUT2D eigenvalue weighted by atomic mass is 16.6. The maximum atomic E-state index is 12.2. The molecule has 1 atom stereocenters. The lowest BCUT2D eigenvalue weighted by Gasteiger charge is -2.26. The summed E-state index contributed by atoms with van der Waals surface area (Å²) in [7, 11) is 1.64. The molecule has 0 bridgehead atoms. The summed E-state index contributed by atoms with van der Waals surface area (Å²) in [4.78, 5) is 16.4. The van der Waals surface area contributed by atoms with Gasteiger partial charge in [0.25, 0.3) is 5.91 Å². The fourth-order valence-corrected chi connectivity index (χ4v) is 2.57. The van der Waals surface area contributed by atoms with E-state index >= 15 is 0 Å². The van der Waals surface area contributed by atoms with Gasteiger partial charge in [0, 0.05) is 32.8 Å². The smallest absolute Gasteiger partial charge is 0.252 e. The van der Waals surface area contributed by atoms with E-state index < -0.39 is 0 Å². The molecule has 1 aromatic heterocycles. The van der Waals surface area contributed by atoms with Gasteiger partial charge in [0.15, 0.2) is 11.5 Å². The molecule has 2 N–H and O–H groups in total. The van der Waals surface area contributed by atoms with Crippen LogP contribution in [0, 0.1) is 0 Å². The van der Waals surface area contributed by atoms with Crippen molar-refractivity contribution in [3.05, 3.63) is 48.2 Å². The van der Waals surface area contributed by atoms with Crippen LogP contribution in [0.3, 0.4) is 0 Å². The number of hydrogen-bond acceptors (Lipinski definition) is 6. The Hall–Kier alpha value is -2.80. The number of carbonyl (C=O) groups is 1. The molecule has 1 aromatic carbocycles. The Labute approximate surface area is 152 Å². The zero-order valence-corrected chi connectivity index (χ0v) is 14.7. The fraction of sp³-hybridized carbons (Fsp3) is 0.368. The number of rotatable bonds is 8. The second-order valence-corrected chi connectivity index (χ2v) is 5.89. The van der Waals surface area contributed by atoms with Gasteiger partial charge >= 0.3 is 0 Å². The number of fused-ring (bicyclic) bond motifs is 1. The van der Waals surface area contributed by atoms with Crippen LogP contribution in [0.4, 0.5) is 5.82 Å². The summed E-state index contributed by atoms with van der Waals surface area (Å²) in [5.74, 6) is 2.07. The standard InChI is InChI=1S/C19H23N3O4/c1-24-11-10-20-18-7-6-14(12-22-18)19(23)21-9-8-15-13-25-16-4-2-3-5-17(16)26-15/h2-7,12,15H,8-11,13H2,1H3,(H,20,22)(H,21,23)/t15-/m0/s1. The molecule has 0 radical (unpaired) electrons. The minimum atomic E-state index is -0.155. The number of nitrogens with one attached hydrogen (secondary N) is 2. The van der Waals surface area contributed by atoms with Crippen molar-refractivity contribution in [3.63, 3.8) is 0 Å². The van der Waals surface area contributed by atoms with Crippen molar-refractivity contribution in [1.29, 1.82) is 0 Å². The predicted octanol–water partition coefficient (Wildman–Crippen LogP) is 2.10. The number of ether oxygens (including phenoxy) is 3. The Morgan fingerprint density at radius 3 is 2.85 bits per heavy atom.